The van der Waals surface area contributed by atoms with Gasteiger partial charge in [0.25, 0.3) is 0 Å². The Kier molecular flexibility index (Phi) is 3.56. The monoisotopic (exact) mass is 265 g/mol. The van der Waals surface area contributed by atoms with Gasteiger partial charge in [-0.25, -0.2) is 4.79 Å². The van der Waals surface area contributed by atoms with Gasteiger partial charge in [0.05, 0.1) is 17.9 Å². The fourth-order valence-electron chi connectivity index (χ4n) is 2.63. The van der Waals surface area contributed by atoms with Crippen molar-refractivity contribution in [3.05, 3.63) is 17.5 Å². The fourth-order valence-corrected chi connectivity index (χ4v) is 2.63. The van der Waals surface area contributed by atoms with E-state index < -0.39 is 5.60 Å². The molecule has 0 spiro atoms. The molecule has 0 N–H and O–H groups in total. The molecule has 19 heavy (non-hydrogen) atoms. The van der Waals surface area contributed by atoms with Crippen LogP contribution in [0.1, 0.15) is 50.9 Å². The van der Waals surface area contributed by atoms with E-state index >= 15 is 0 Å². The summed E-state index contributed by atoms with van der Waals surface area (Å²) in [6.07, 6.45) is 3.60. The lowest BCUT2D eigenvalue weighted by atomic mass is 10.1. The van der Waals surface area contributed by atoms with Crippen LogP contribution in [0, 0.1) is 6.92 Å². The lowest BCUT2D eigenvalue weighted by Crippen LogP contribution is -2.37. The zero-order chi connectivity index (χ0) is 14.2. The Labute approximate surface area is 114 Å². The van der Waals surface area contributed by atoms with Gasteiger partial charge < -0.3 is 4.74 Å². The molecular formula is C14H23N3O2. The molecule has 1 aliphatic heterocycles. The molecule has 1 atom stereocenters. The topological polar surface area (TPSA) is 47.4 Å². The molecule has 0 saturated carbocycles. The quantitative estimate of drug-likeness (QED) is 0.784. The van der Waals surface area contributed by atoms with Crippen molar-refractivity contribution in [1.29, 1.82) is 0 Å². The molecule has 5 heteroatoms. The van der Waals surface area contributed by atoms with E-state index in [4.69, 9.17) is 4.74 Å². The lowest BCUT2D eigenvalue weighted by Gasteiger charge is -2.29. The Morgan fingerprint density at radius 3 is 2.68 bits per heavy atom. The van der Waals surface area contributed by atoms with Crippen LogP contribution in [-0.2, 0) is 11.8 Å². The minimum atomic E-state index is -0.453. The summed E-state index contributed by atoms with van der Waals surface area (Å²) < 4.78 is 7.35. The number of aromatic nitrogens is 2. The highest BCUT2D eigenvalue weighted by atomic mass is 16.6. The van der Waals surface area contributed by atoms with E-state index in [1.807, 2.05) is 50.5 Å². The number of rotatable bonds is 1. The maximum atomic E-state index is 12.3. The van der Waals surface area contributed by atoms with Gasteiger partial charge in [-0.3, -0.25) is 9.58 Å². The summed E-state index contributed by atoms with van der Waals surface area (Å²) in [4.78, 5) is 14.1. The van der Waals surface area contributed by atoms with Crippen LogP contribution in [-0.4, -0.2) is 32.9 Å². The summed E-state index contributed by atoms with van der Waals surface area (Å²) in [6, 6.07) is 0.0855. The first-order valence-electron chi connectivity index (χ1n) is 6.78. The standard InChI is InChI=1S/C14H23N3O2/c1-10-9-15-16(5)12(10)11-7-6-8-17(11)13(18)19-14(2,3)4/h9,11H,6-8H2,1-5H3. The van der Waals surface area contributed by atoms with Gasteiger partial charge in [0.15, 0.2) is 0 Å². The number of hydrogen-bond acceptors (Lipinski definition) is 3. The van der Waals surface area contributed by atoms with Crippen LogP contribution in [0.15, 0.2) is 6.20 Å². The van der Waals surface area contributed by atoms with E-state index in [2.05, 4.69) is 5.10 Å². The Hall–Kier alpha value is -1.52. The summed E-state index contributed by atoms with van der Waals surface area (Å²) in [5.41, 5.74) is 1.79. The molecule has 1 amide bonds. The van der Waals surface area contributed by atoms with Crippen molar-refractivity contribution in [1.82, 2.24) is 14.7 Å². The average molecular weight is 265 g/mol. The second-order valence-corrected chi connectivity index (χ2v) is 6.17. The minimum absolute atomic E-state index is 0.0855. The smallest absolute Gasteiger partial charge is 0.410 e. The van der Waals surface area contributed by atoms with Gasteiger partial charge >= 0.3 is 6.09 Å². The Bertz CT molecular complexity index is 454. The van der Waals surface area contributed by atoms with Crippen molar-refractivity contribution in [2.24, 2.45) is 7.05 Å². The molecule has 1 aromatic rings. The van der Waals surface area contributed by atoms with Crippen molar-refractivity contribution in [2.45, 2.75) is 52.2 Å². The van der Waals surface area contributed by atoms with E-state index in [1.165, 1.54) is 0 Å². The third-order valence-corrected chi connectivity index (χ3v) is 3.37. The van der Waals surface area contributed by atoms with Crippen LogP contribution in [0.25, 0.3) is 0 Å². The highest BCUT2D eigenvalue weighted by Crippen LogP contribution is 2.34. The van der Waals surface area contributed by atoms with Gasteiger partial charge in [-0.2, -0.15) is 5.10 Å². The molecule has 0 aliphatic carbocycles. The molecule has 0 radical (unpaired) electrons. The van der Waals surface area contributed by atoms with Crippen molar-refractivity contribution in [3.8, 4) is 0 Å². The van der Waals surface area contributed by atoms with E-state index in [1.54, 1.807) is 0 Å². The number of ether oxygens (including phenoxy) is 1. The molecule has 1 aliphatic rings. The average Bonchev–Trinajstić information content (AvgIpc) is 2.83. The summed E-state index contributed by atoms with van der Waals surface area (Å²) >= 11 is 0. The molecule has 2 rings (SSSR count). The van der Waals surface area contributed by atoms with Crippen molar-refractivity contribution >= 4 is 6.09 Å². The minimum Gasteiger partial charge on any atom is -0.444 e. The Morgan fingerprint density at radius 2 is 2.16 bits per heavy atom. The maximum absolute atomic E-state index is 12.3. The first-order chi connectivity index (χ1) is 8.79. The molecule has 0 aromatic carbocycles. The molecule has 2 heterocycles. The third-order valence-electron chi connectivity index (χ3n) is 3.37. The molecule has 1 aromatic heterocycles. The number of amides is 1. The normalized spacial score (nSPS) is 19.8. The number of aryl methyl sites for hydroxylation is 2. The summed E-state index contributed by atoms with van der Waals surface area (Å²) in [5.74, 6) is 0. The van der Waals surface area contributed by atoms with Crippen molar-refractivity contribution in [2.75, 3.05) is 6.54 Å². The predicted octanol–water partition coefficient (Wildman–Crippen LogP) is 2.80. The van der Waals surface area contributed by atoms with E-state index in [-0.39, 0.29) is 12.1 Å². The first kappa shape index (κ1) is 13.9. The summed E-state index contributed by atoms with van der Waals surface area (Å²) in [7, 11) is 1.92. The molecule has 1 fully saturated rings. The van der Waals surface area contributed by atoms with Gasteiger partial charge in [-0.15, -0.1) is 0 Å². The first-order valence-corrected chi connectivity index (χ1v) is 6.78. The SMILES string of the molecule is Cc1cnn(C)c1C1CCCN1C(=O)OC(C)(C)C. The highest BCUT2D eigenvalue weighted by Gasteiger charge is 2.35. The molecule has 0 bridgehead atoms. The third kappa shape index (κ3) is 2.91. The van der Waals surface area contributed by atoms with Crippen molar-refractivity contribution in [3.63, 3.8) is 0 Å². The van der Waals surface area contributed by atoms with Crippen LogP contribution in [0.3, 0.4) is 0 Å². The highest BCUT2D eigenvalue weighted by molar-refractivity contribution is 5.69. The number of likely N-dealkylation sites (tertiary alicyclic amines) is 1. The van der Waals surface area contributed by atoms with Crippen LogP contribution >= 0.6 is 0 Å². The largest absolute Gasteiger partial charge is 0.444 e. The number of hydrogen-bond donors (Lipinski definition) is 0. The summed E-state index contributed by atoms with van der Waals surface area (Å²) in [5, 5.41) is 4.27. The Morgan fingerprint density at radius 1 is 1.47 bits per heavy atom. The van der Waals surface area contributed by atoms with E-state index in [0.717, 1.165) is 30.6 Å². The van der Waals surface area contributed by atoms with Crippen molar-refractivity contribution < 1.29 is 9.53 Å². The lowest BCUT2D eigenvalue weighted by molar-refractivity contribution is 0.0219. The zero-order valence-electron chi connectivity index (χ0n) is 12.4. The second kappa shape index (κ2) is 4.87. The van der Waals surface area contributed by atoms with E-state index in [0.29, 0.717) is 0 Å². The zero-order valence-corrected chi connectivity index (χ0v) is 12.4. The van der Waals surface area contributed by atoms with Gasteiger partial charge in [-0.05, 0) is 46.1 Å². The number of carbonyl (C=O) groups excluding carboxylic acids is 1. The van der Waals surface area contributed by atoms with E-state index in [9.17, 15) is 4.79 Å². The van der Waals surface area contributed by atoms with Gasteiger partial charge in [0.2, 0.25) is 0 Å². The molecule has 106 valence electrons. The van der Waals surface area contributed by atoms with Crippen LogP contribution in [0.5, 0.6) is 0 Å². The number of nitrogens with zero attached hydrogens (tertiary/aromatic N) is 3. The summed E-state index contributed by atoms with van der Waals surface area (Å²) in [6.45, 7) is 8.47. The molecule has 5 nitrogen and oxygen atoms in total. The van der Waals surface area contributed by atoms with Crippen LogP contribution < -0.4 is 0 Å². The second-order valence-electron chi connectivity index (χ2n) is 6.17. The number of carbonyl (C=O) groups is 1. The predicted molar refractivity (Wildman–Crippen MR) is 72.9 cm³/mol. The Balaban J connectivity index is 2.20. The van der Waals surface area contributed by atoms with Gasteiger partial charge in [0, 0.05) is 13.6 Å². The molecule has 1 unspecified atom stereocenters. The van der Waals surface area contributed by atoms with Gasteiger partial charge in [-0.1, -0.05) is 0 Å². The van der Waals surface area contributed by atoms with Crippen LogP contribution in [0.4, 0.5) is 4.79 Å². The van der Waals surface area contributed by atoms with Gasteiger partial charge in [0.1, 0.15) is 5.60 Å². The van der Waals surface area contributed by atoms with Crippen LogP contribution in [0.2, 0.25) is 0 Å². The molecular weight excluding hydrogens is 242 g/mol. The fraction of sp³-hybridized carbons (Fsp3) is 0.714. The maximum Gasteiger partial charge on any atom is 0.410 e. The molecule has 1 saturated heterocycles.